The minimum absolute atomic E-state index is 0.00840. The zero-order chi connectivity index (χ0) is 29.5. The highest BCUT2D eigenvalue weighted by atomic mass is 19.1. The monoisotopic (exact) mass is 561 g/mol. The van der Waals surface area contributed by atoms with Crippen LogP contribution in [0.3, 0.4) is 0 Å². The number of imidazole rings is 1. The molecule has 0 bridgehead atoms. The van der Waals surface area contributed by atoms with Crippen LogP contribution in [0.5, 0.6) is 0 Å². The molecule has 0 spiro atoms. The van der Waals surface area contributed by atoms with Crippen LogP contribution in [0.4, 0.5) is 14.5 Å². The van der Waals surface area contributed by atoms with Crippen molar-refractivity contribution in [3.05, 3.63) is 77.3 Å². The van der Waals surface area contributed by atoms with Crippen molar-refractivity contribution in [1.82, 2.24) is 19.3 Å². The van der Waals surface area contributed by atoms with E-state index in [1.165, 1.54) is 6.07 Å². The Kier molecular flexibility index (Phi) is 7.81. The summed E-state index contributed by atoms with van der Waals surface area (Å²) < 4.78 is 30.8. The molecule has 3 aromatic rings. The predicted molar refractivity (Wildman–Crippen MR) is 156 cm³/mol. The normalized spacial score (nSPS) is 17.6. The topological polar surface area (TPSA) is 70.8 Å². The molecule has 1 atom stereocenters. The zero-order valence-electron chi connectivity index (χ0n) is 24.2. The van der Waals surface area contributed by atoms with Crippen molar-refractivity contribution in [2.75, 3.05) is 24.5 Å². The van der Waals surface area contributed by atoms with Crippen molar-refractivity contribution < 1.29 is 18.4 Å². The molecule has 7 nitrogen and oxygen atoms in total. The average molecular weight is 562 g/mol. The summed E-state index contributed by atoms with van der Waals surface area (Å²) in [5.41, 5.74) is 5.10. The van der Waals surface area contributed by atoms with Crippen LogP contribution in [0.25, 0.3) is 11.2 Å². The second-order valence-electron chi connectivity index (χ2n) is 11.7. The minimum atomic E-state index is -1.48. The highest BCUT2D eigenvalue weighted by molar-refractivity contribution is 6.02. The second kappa shape index (κ2) is 11.2. The number of pyridine rings is 2. The number of hydrogen-bond acceptors (Lipinski definition) is 5. The van der Waals surface area contributed by atoms with E-state index in [9.17, 15) is 18.4 Å². The van der Waals surface area contributed by atoms with Gasteiger partial charge in [-0.15, -0.1) is 0 Å². The number of anilines is 1. The fourth-order valence-corrected chi connectivity index (χ4v) is 6.01. The van der Waals surface area contributed by atoms with Crippen molar-refractivity contribution in [2.45, 2.75) is 71.5 Å². The predicted octanol–water partition coefficient (Wildman–Crippen LogP) is 5.44. The van der Waals surface area contributed by atoms with Crippen LogP contribution >= 0.6 is 0 Å². The highest BCUT2D eigenvalue weighted by Crippen LogP contribution is 2.33. The number of fused-ring (bicyclic) bond motifs is 2. The van der Waals surface area contributed by atoms with E-state index < -0.39 is 23.4 Å². The molecule has 1 amide bonds. The summed E-state index contributed by atoms with van der Waals surface area (Å²) in [6.45, 7) is 13.1. The van der Waals surface area contributed by atoms with Gasteiger partial charge < -0.3 is 14.2 Å². The molecule has 4 heterocycles. The molecular weight excluding hydrogens is 524 g/mol. The smallest absolute Gasteiger partial charge is 0.257 e. The first-order valence-electron chi connectivity index (χ1n) is 14.2. The lowest BCUT2D eigenvalue weighted by atomic mass is 9.95. The summed E-state index contributed by atoms with van der Waals surface area (Å²) in [5.74, 6) is -0.991. The Balaban J connectivity index is 1.31. The summed E-state index contributed by atoms with van der Waals surface area (Å²) in [7, 11) is 0. The quantitative estimate of drug-likeness (QED) is 0.384. The molecule has 0 aromatic carbocycles. The summed E-state index contributed by atoms with van der Waals surface area (Å²) in [6, 6.07) is 3.35. The molecule has 0 saturated carbocycles. The van der Waals surface area contributed by atoms with Crippen molar-refractivity contribution in [1.29, 1.82) is 0 Å². The first-order chi connectivity index (χ1) is 19.5. The number of hydrogen-bond donors (Lipinski definition) is 0. The van der Waals surface area contributed by atoms with Crippen LogP contribution in [0, 0.1) is 12.7 Å². The van der Waals surface area contributed by atoms with Gasteiger partial charge in [-0.2, -0.15) is 0 Å². The molecule has 1 aliphatic heterocycles. The molecular formula is C32H37F2N5O2. The molecule has 1 aliphatic carbocycles. The Labute approximate surface area is 239 Å². The molecule has 5 rings (SSSR count). The van der Waals surface area contributed by atoms with Crippen LogP contribution < -0.4 is 4.90 Å². The fraction of sp³-hybridized carbons (Fsp3) is 0.438. The average Bonchev–Trinajstić information content (AvgIpc) is 3.14. The van der Waals surface area contributed by atoms with Gasteiger partial charge in [0.2, 0.25) is 0 Å². The summed E-state index contributed by atoms with van der Waals surface area (Å²) >= 11 is 0. The molecule has 3 aromatic heterocycles. The van der Waals surface area contributed by atoms with Gasteiger partial charge in [-0.1, -0.05) is 19.6 Å². The van der Waals surface area contributed by atoms with Gasteiger partial charge in [-0.25, -0.2) is 13.8 Å². The third-order valence-electron chi connectivity index (χ3n) is 8.17. The van der Waals surface area contributed by atoms with Crippen LogP contribution in [-0.4, -0.2) is 62.3 Å². The SMILES string of the molecule is C=C(CC(=O)C1=CCCc2c(N3CCN(C(=O)C(F)CC)C(C)(C)C3)ccnc2C1)c1cn2cc(C)nc2cc1F. The lowest BCUT2D eigenvalue weighted by molar-refractivity contribution is -0.142. The number of Topliss-reactive ketones (excluding diaryl/α,β-unsaturated/α-hetero) is 1. The van der Waals surface area contributed by atoms with E-state index in [1.54, 1.807) is 28.6 Å². The van der Waals surface area contributed by atoms with Gasteiger partial charge in [0, 0.05) is 68.4 Å². The van der Waals surface area contributed by atoms with Crippen LogP contribution in [0.15, 0.2) is 49.0 Å². The first kappa shape index (κ1) is 28.6. The van der Waals surface area contributed by atoms with E-state index in [0.29, 0.717) is 54.8 Å². The third-order valence-corrected chi connectivity index (χ3v) is 8.17. The van der Waals surface area contributed by atoms with Crippen molar-refractivity contribution in [2.24, 2.45) is 0 Å². The van der Waals surface area contributed by atoms with E-state index in [2.05, 4.69) is 21.4 Å². The molecule has 41 heavy (non-hydrogen) atoms. The molecule has 216 valence electrons. The van der Waals surface area contributed by atoms with Gasteiger partial charge in [0.1, 0.15) is 11.5 Å². The van der Waals surface area contributed by atoms with Gasteiger partial charge in [-0.05, 0) is 62.8 Å². The molecule has 1 saturated heterocycles. The summed E-state index contributed by atoms with van der Waals surface area (Å²) in [5, 5.41) is 0. The van der Waals surface area contributed by atoms with Gasteiger partial charge >= 0.3 is 0 Å². The lowest BCUT2D eigenvalue weighted by Crippen LogP contribution is -2.62. The third kappa shape index (κ3) is 5.67. The lowest BCUT2D eigenvalue weighted by Gasteiger charge is -2.48. The number of amides is 1. The maximum atomic E-state index is 14.8. The van der Waals surface area contributed by atoms with Gasteiger partial charge in [0.25, 0.3) is 5.91 Å². The van der Waals surface area contributed by atoms with Gasteiger partial charge in [0.05, 0.1) is 16.9 Å². The number of carbonyl (C=O) groups excluding carboxylic acids is 2. The Morgan fingerprint density at radius 2 is 2.00 bits per heavy atom. The van der Waals surface area contributed by atoms with Gasteiger partial charge in [-0.3, -0.25) is 14.6 Å². The summed E-state index contributed by atoms with van der Waals surface area (Å²) in [6.07, 6.45) is 7.66. The number of rotatable bonds is 7. The van der Waals surface area contributed by atoms with Crippen LogP contribution in [0.2, 0.25) is 0 Å². The van der Waals surface area contributed by atoms with E-state index in [0.717, 1.165) is 29.1 Å². The number of aromatic nitrogens is 3. The Morgan fingerprint density at radius 1 is 1.22 bits per heavy atom. The fourth-order valence-electron chi connectivity index (χ4n) is 6.01. The van der Waals surface area contributed by atoms with Crippen molar-refractivity contribution in [3.63, 3.8) is 0 Å². The molecule has 1 fully saturated rings. The van der Waals surface area contributed by atoms with Crippen molar-refractivity contribution >= 4 is 28.6 Å². The number of aryl methyl sites for hydroxylation is 1. The number of allylic oxidation sites excluding steroid dienone is 3. The van der Waals surface area contributed by atoms with Crippen LogP contribution in [0.1, 0.15) is 62.5 Å². The number of halogens is 2. The maximum Gasteiger partial charge on any atom is 0.257 e. The Hall–Kier alpha value is -3.88. The van der Waals surface area contributed by atoms with Crippen LogP contribution in [-0.2, 0) is 22.4 Å². The van der Waals surface area contributed by atoms with E-state index >= 15 is 0 Å². The maximum absolute atomic E-state index is 14.8. The number of carbonyl (C=O) groups is 2. The zero-order valence-corrected chi connectivity index (χ0v) is 24.2. The summed E-state index contributed by atoms with van der Waals surface area (Å²) in [4.78, 5) is 38.9. The van der Waals surface area contributed by atoms with E-state index in [4.69, 9.17) is 0 Å². The molecule has 9 heteroatoms. The second-order valence-corrected chi connectivity index (χ2v) is 11.7. The number of alkyl halides is 1. The largest absolute Gasteiger partial charge is 0.367 e. The highest BCUT2D eigenvalue weighted by Gasteiger charge is 2.39. The standard InChI is InChI=1S/C32H37F2N5O2/c1-6-25(33)31(41)39-13-12-37(19-32(39,4)5)28-10-11-35-27-15-22(8-7-9-23(27)28)29(40)14-20(2)24-18-38-17-21(3)36-30(38)16-26(24)34/h8,10-11,16-18,25H,2,6-7,9,12-15,19H2,1,3-5H3. The minimum Gasteiger partial charge on any atom is -0.367 e. The molecule has 1 unspecified atom stereocenters. The number of piperazine rings is 1. The Bertz CT molecular complexity index is 1560. The number of ketones is 1. The number of nitrogens with zero attached hydrogens (tertiary/aromatic N) is 5. The Morgan fingerprint density at radius 3 is 2.73 bits per heavy atom. The van der Waals surface area contributed by atoms with E-state index in [-0.39, 0.29) is 18.6 Å². The first-order valence-corrected chi connectivity index (χ1v) is 14.2. The van der Waals surface area contributed by atoms with E-state index in [1.807, 2.05) is 39.1 Å². The molecule has 0 radical (unpaired) electrons. The molecule has 2 aliphatic rings. The van der Waals surface area contributed by atoms with Gasteiger partial charge in [0.15, 0.2) is 12.0 Å². The van der Waals surface area contributed by atoms with Crippen molar-refractivity contribution in [3.8, 4) is 0 Å². The molecule has 0 N–H and O–H groups in total.